The molecule has 0 aromatic heterocycles. The van der Waals surface area contributed by atoms with Gasteiger partial charge < -0.3 is 4.74 Å². The Kier molecular flexibility index (Phi) is 5.06. The molecule has 4 heteroatoms. The summed E-state index contributed by atoms with van der Waals surface area (Å²) in [6.45, 7) is 0.354. The Hall–Kier alpha value is -1.95. The third-order valence-corrected chi connectivity index (χ3v) is 3.31. The van der Waals surface area contributed by atoms with Gasteiger partial charge in [0, 0.05) is 16.7 Å². The summed E-state index contributed by atoms with van der Waals surface area (Å²) in [5.74, 6) is 0.584. The van der Waals surface area contributed by atoms with Gasteiger partial charge in [0.05, 0.1) is 11.1 Å². The average Bonchev–Trinajstić information content (AvgIpc) is 2.45. The monoisotopic (exact) mass is 303 g/mol. The lowest BCUT2D eigenvalue weighted by Gasteiger charge is -2.09. The van der Waals surface area contributed by atoms with Crippen LogP contribution in [-0.4, -0.2) is 0 Å². The van der Waals surface area contributed by atoms with Crippen LogP contribution in [0.3, 0.4) is 0 Å². The maximum atomic E-state index is 8.48. The van der Waals surface area contributed by atoms with Gasteiger partial charge in [-0.3, -0.25) is 0 Å². The summed E-state index contributed by atoms with van der Waals surface area (Å²) in [5.41, 5.74) is 1.75. The average molecular weight is 304 g/mol. The molecular weight excluding hydrogens is 293 g/mol. The second-order valence-electron chi connectivity index (χ2n) is 4.03. The van der Waals surface area contributed by atoms with Gasteiger partial charge in [-0.1, -0.05) is 47.5 Å². The van der Waals surface area contributed by atoms with Crippen molar-refractivity contribution in [1.82, 2.24) is 0 Å². The fourth-order valence-corrected chi connectivity index (χ4v) is 2.08. The standard InChI is InChI=1S/C16H11Cl2NO/c17-14-6-2-1-5-13(14)11-20-16-8-7-12(4-3-9-19)10-15(16)18/h1-8,10H,11H2/b4-3+. The molecule has 2 rings (SSSR count). The molecule has 2 nitrogen and oxygen atoms in total. The Morgan fingerprint density at radius 2 is 1.90 bits per heavy atom. The lowest BCUT2D eigenvalue weighted by molar-refractivity contribution is 0.306. The first-order valence-electron chi connectivity index (χ1n) is 5.92. The van der Waals surface area contributed by atoms with E-state index < -0.39 is 0 Å². The number of nitriles is 1. The van der Waals surface area contributed by atoms with Crippen LogP contribution in [-0.2, 0) is 6.61 Å². The van der Waals surface area contributed by atoms with E-state index in [-0.39, 0.29) is 0 Å². The van der Waals surface area contributed by atoms with E-state index >= 15 is 0 Å². The van der Waals surface area contributed by atoms with E-state index in [1.165, 1.54) is 6.08 Å². The molecule has 0 aliphatic rings. The fourth-order valence-electron chi connectivity index (χ4n) is 1.64. The molecule has 0 N–H and O–H groups in total. The first-order chi connectivity index (χ1) is 9.70. The van der Waals surface area contributed by atoms with Crippen LogP contribution in [0, 0.1) is 11.3 Å². The van der Waals surface area contributed by atoms with Gasteiger partial charge in [-0.05, 0) is 29.8 Å². The van der Waals surface area contributed by atoms with Crippen LogP contribution in [0.25, 0.3) is 6.08 Å². The molecular formula is C16H11Cl2NO. The molecule has 0 atom stereocenters. The van der Waals surface area contributed by atoms with E-state index in [4.69, 9.17) is 33.2 Å². The van der Waals surface area contributed by atoms with Crippen LogP contribution in [0.15, 0.2) is 48.5 Å². The van der Waals surface area contributed by atoms with Crippen molar-refractivity contribution >= 4 is 29.3 Å². The third-order valence-electron chi connectivity index (χ3n) is 2.65. The Balaban J connectivity index is 2.09. The van der Waals surface area contributed by atoms with E-state index in [1.807, 2.05) is 36.4 Å². The minimum atomic E-state index is 0.354. The zero-order valence-electron chi connectivity index (χ0n) is 10.5. The second-order valence-corrected chi connectivity index (χ2v) is 4.85. The molecule has 0 aliphatic carbocycles. The number of nitrogens with zero attached hydrogens (tertiary/aromatic N) is 1. The number of allylic oxidation sites excluding steroid dienone is 1. The van der Waals surface area contributed by atoms with Gasteiger partial charge in [-0.25, -0.2) is 0 Å². The summed E-state index contributed by atoms with van der Waals surface area (Å²) in [7, 11) is 0. The van der Waals surface area contributed by atoms with Gasteiger partial charge in [-0.2, -0.15) is 5.26 Å². The molecule has 0 aliphatic heterocycles. The van der Waals surface area contributed by atoms with Crippen molar-refractivity contribution in [1.29, 1.82) is 5.26 Å². The quantitative estimate of drug-likeness (QED) is 0.735. The molecule has 0 saturated carbocycles. The van der Waals surface area contributed by atoms with Crippen molar-refractivity contribution in [3.63, 3.8) is 0 Å². The van der Waals surface area contributed by atoms with Crippen molar-refractivity contribution < 1.29 is 4.74 Å². The highest BCUT2D eigenvalue weighted by Gasteiger charge is 2.04. The number of hydrogen-bond donors (Lipinski definition) is 0. The van der Waals surface area contributed by atoms with Gasteiger partial charge in [0.15, 0.2) is 0 Å². The predicted octanol–water partition coefficient (Wildman–Crippen LogP) is 5.11. The maximum absolute atomic E-state index is 8.48. The topological polar surface area (TPSA) is 33.0 Å². The normalized spacial score (nSPS) is 10.4. The van der Waals surface area contributed by atoms with Crippen molar-refractivity contribution in [2.75, 3.05) is 0 Å². The highest BCUT2D eigenvalue weighted by molar-refractivity contribution is 6.32. The smallest absolute Gasteiger partial charge is 0.138 e. The lowest BCUT2D eigenvalue weighted by Crippen LogP contribution is -1.96. The SMILES string of the molecule is N#C/C=C/c1ccc(OCc2ccccc2Cl)c(Cl)c1. The van der Waals surface area contributed by atoms with E-state index in [0.717, 1.165) is 11.1 Å². The summed E-state index contributed by atoms with van der Waals surface area (Å²) < 4.78 is 5.66. The van der Waals surface area contributed by atoms with Gasteiger partial charge in [-0.15, -0.1) is 0 Å². The van der Waals surface area contributed by atoms with Crippen LogP contribution in [0.2, 0.25) is 10.0 Å². The van der Waals surface area contributed by atoms with Crippen molar-refractivity contribution in [2.45, 2.75) is 6.61 Å². The molecule has 2 aromatic carbocycles. The van der Waals surface area contributed by atoms with Crippen LogP contribution in [0.5, 0.6) is 5.75 Å². The first-order valence-corrected chi connectivity index (χ1v) is 6.68. The van der Waals surface area contributed by atoms with Crippen LogP contribution in [0.1, 0.15) is 11.1 Å². The Morgan fingerprint density at radius 1 is 1.10 bits per heavy atom. The molecule has 0 radical (unpaired) electrons. The summed E-state index contributed by atoms with van der Waals surface area (Å²) in [5, 5.41) is 9.64. The number of rotatable bonds is 4. The van der Waals surface area contributed by atoms with Gasteiger partial charge in [0.25, 0.3) is 0 Å². The molecule has 100 valence electrons. The number of ether oxygens (including phenoxy) is 1. The minimum absolute atomic E-state index is 0.354. The molecule has 0 bridgehead atoms. The Morgan fingerprint density at radius 3 is 2.60 bits per heavy atom. The molecule has 20 heavy (non-hydrogen) atoms. The molecule has 0 amide bonds. The van der Waals surface area contributed by atoms with Crippen molar-refractivity contribution in [3.8, 4) is 11.8 Å². The number of hydrogen-bond acceptors (Lipinski definition) is 2. The number of halogens is 2. The Labute approximate surface area is 127 Å². The zero-order valence-corrected chi connectivity index (χ0v) is 12.0. The first kappa shape index (κ1) is 14.5. The highest BCUT2D eigenvalue weighted by Crippen LogP contribution is 2.27. The minimum Gasteiger partial charge on any atom is -0.487 e. The summed E-state index contributed by atoms with van der Waals surface area (Å²) in [6, 6.07) is 14.8. The Bertz CT molecular complexity index is 674. The van der Waals surface area contributed by atoms with E-state index in [9.17, 15) is 0 Å². The highest BCUT2D eigenvalue weighted by atomic mass is 35.5. The maximum Gasteiger partial charge on any atom is 0.138 e. The lowest BCUT2D eigenvalue weighted by atomic mass is 10.2. The summed E-state index contributed by atoms with van der Waals surface area (Å²) in [6.07, 6.45) is 3.08. The molecule has 0 heterocycles. The summed E-state index contributed by atoms with van der Waals surface area (Å²) >= 11 is 12.2. The van der Waals surface area contributed by atoms with E-state index in [0.29, 0.717) is 22.4 Å². The molecule has 2 aromatic rings. The van der Waals surface area contributed by atoms with Crippen molar-refractivity contribution in [3.05, 3.63) is 69.7 Å². The van der Waals surface area contributed by atoms with E-state index in [1.54, 1.807) is 18.2 Å². The summed E-state index contributed by atoms with van der Waals surface area (Å²) in [4.78, 5) is 0. The van der Waals surface area contributed by atoms with Gasteiger partial charge in [0.2, 0.25) is 0 Å². The van der Waals surface area contributed by atoms with Crippen LogP contribution >= 0.6 is 23.2 Å². The fraction of sp³-hybridized carbons (Fsp3) is 0.0625. The second kappa shape index (κ2) is 7.00. The van der Waals surface area contributed by atoms with Crippen LogP contribution < -0.4 is 4.74 Å². The van der Waals surface area contributed by atoms with Crippen LogP contribution in [0.4, 0.5) is 0 Å². The molecule has 0 spiro atoms. The third kappa shape index (κ3) is 3.77. The number of benzene rings is 2. The van der Waals surface area contributed by atoms with Gasteiger partial charge in [0.1, 0.15) is 12.4 Å². The molecule has 0 fully saturated rings. The van der Waals surface area contributed by atoms with E-state index in [2.05, 4.69) is 0 Å². The molecule has 0 saturated heterocycles. The van der Waals surface area contributed by atoms with Gasteiger partial charge >= 0.3 is 0 Å². The largest absolute Gasteiger partial charge is 0.487 e. The molecule has 0 unspecified atom stereocenters. The predicted molar refractivity (Wildman–Crippen MR) is 81.9 cm³/mol. The zero-order chi connectivity index (χ0) is 14.4. The van der Waals surface area contributed by atoms with Crippen molar-refractivity contribution in [2.24, 2.45) is 0 Å².